The number of aromatic carboxylic acids is 1. The maximum atomic E-state index is 12.2. The van der Waals surface area contributed by atoms with Gasteiger partial charge in [0, 0.05) is 12.2 Å². The van der Waals surface area contributed by atoms with Gasteiger partial charge in [0.25, 0.3) is 0 Å². The van der Waals surface area contributed by atoms with Crippen molar-refractivity contribution in [1.29, 1.82) is 0 Å². The number of anilines is 1. The van der Waals surface area contributed by atoms with Gasteiger partial charge in [-0.2, -0.15) is 0 Å². The summed E-state index contributed by atoms with van der Waals surface area (Å²) >= 11 is 0. The van der Waals surface area contributed by atoms with E-state index in [1.54, 1.807) is 12.1 Å². The monoisotopic (exact) mass is 294 g/mol. The van der Waals surface area contributed by atoms with E-state index >= 15 is 0 Å². The number of hydrogen-bond acceptors (Lipinski definition) is 3. The molecule has 6 nitrogen and oxygen atoms in total. The molecule has 0 atom stereocenters. The Morgan fingerprint density at radius 1 is 1.19 bits per heavy atom. The van der Waals surface area contributed by atoms with Crippen LogP contribution >= 0.6 is 0 Å². The molecule has 0 bridgehead atoms. The van der Waals surface area contributed by atoms with Crippen LogP contribution in [0.2, 0.25) is 0 Å². The highest BCUT2D eigenvalue weighted by Gasteiger charge is 2.18. The summed E-state index contributed by atoms with van der Waals surface area (Å²) in [7, 11) is 0. The molecule has 0 saturated heterocycles. The Hall–Kier alpha value is -2.08. The van der Waals surface area contributed by atoms with Crippen LogP contribution < -0.4 is 10.2 Å². The molecule has 0 unspecified atom stereocenters. The van der Waals surface area contributed by atoms with Crippen molar-refractivity contribution in [2.45, 2.75) is 20.8 Å². The molecule has 1 aromatic carbocycles. The minimum absolute atomic E-state index is 0.0479. The molecule has 2 amide bonds. The van der Waals surface area contributed by atoms with Crippen LogP contribution in [0.25, 0.3) is 0 Å². The zero-order chi connectivity index (χ0) is 16.0. The van der Waals surface area contributed by atoms with E-state index in [0.717, 1.165) is 0 Å². The normalized spacial score (nSPS) is 11.0. The fraction of sp³-hybridized carbons (Fsp3) is 0.467. The number of nitrogens with one attached hydrogen (secondary N) is 1. The van der Waals surface area contributed by atoms with Crippen molar-refractivity contribution < 1.29 is 19.8 Å². The molecular weight excluding hydrogens is 272 g/mol. The molecular formula is C15H22N2O4. The first-order chi connectivity index (χ1) is 9.74. The molecule has 0 aliphatic rings. The van der Waals surface area contributed by atoms with Gasteiger partial charge in [-0.25, -0.2) is 9.59 Å². The summed E-state index contributed by atoms with van der Waals surface area (Å²) in [6, 6.07) is 5.64. The van der Waals surface area contributed by atoms with E-state index in [2.05, 4.69) is 5.32 Å². The van der Waals surface area contributed by atoms with Crippen molar-refractivity contribution in [3.63, 3.8) is 0 Å². The summed E-state index contributed by atoms with van der Waals surface area (Å²) in [4.78, 5) is 24.4. The predicted molar refractivity (Wildman–Crippen MR) is 80.7 cm³/mol. The van der Waals surface area contributed by atoms with E-state index in [1.807, 2.05) is 20.8 Å². The smallest absolute Gasteiger partial charge is 0.335 e. The molecule has 116 valence electrons. The van der Waals surface area contributed by atoms with Gasteiger partial charge < -0.3 is 15.5 Å². The lowest BCUT2D eigenvalue weighted by atomic mass is 9.97. The van der Waals surface area contributed by atoms with E-state index in [0.29, 0.717) is 12.2 Å². The molecule has 3 N–H and O–H groups in total. The number of carbonyl (C=O) groups excluding carboxylic acids is 1. The number of amides is 2. The summed E-state index contributed by atoms with van der Waals surface area (Å²) in [5.74, 6) is -1.02. The molecule has 21 heavy (non-hydrogen) atoms. The molecule has 0 saturated carbocycles. The minimum Gasteiger partial charge on any atom is -0.478 e. The number of carboxylic acid groups (broad SMARTS) is 1. The number of hydrogen-bond donors (Lipinski definition) is 3. The summed E-state index contributed by atoms with van der Waals surface area (Å²) in [6.45, 7) is 6.48. The first kappa shape index (κ1) is 17.0. The van der Waals surface area contributed by atoms with Crippen LogP contribution in [0.1, 0.15) is 31.1 Å². The molecule has 0 aliphatic heterocycles. The van der Waals surface area contributed by atoms with Crippen LogP contribution in [0.4, 0.5) is 10.5 Å². The van der Waals surface area contributed by atoms with E-state index in [4.69, 9.17) is 10.2 Å². The average molecular weight is 294 g/mol. The molecule has 0 heterocycles. The van der Waals surface area contributed by atoms with Gasteiger partial charge in [-0.1, -0.05) is 20.8 Å². The van der Waals surface area contributed by atoms with E-state index < -0.39 is 5.97 Å². The first-order valence-electron chi connectivity index (χ1n) is 6.74. The lowest BCUT2D eigenvalue weighted by Gasteiger charge is -2.25. The second kappa shape index (κ2) is 7.08. The number of urea groups is 1. The molecule has 0 aromatic heterocycles. The van der Waals surface area contributed by atoms with Crippen molar-refractivity contribution in [3.05, 3.63) is 29.8 Å². The number of aliphatic hydroxyl groups is 1. The highest BCUT2D eigenvalue weighted by Crippen LogP contribution is 2.16. The predicted octanol–water partition coefficient (Wildman–Crippen LogP) is 1.94. The number of nitrogens with zero attached hydrogens (tertiary/aromatic N) is 1. The van der Waals surface area contributed by atoms with Gasteiger partial charge in [-0.15, -0.1) is 0 Å². The average Bonchev–Trinajstić information content (AvgIpc) is 2.41. The van der Waals surface area contributed by atoms with E-state index in [-0.39, 0.29) is 30.2 Å². The number of aliphatic hydroxyl groups excluding tert-OH is 1. The third kappa shape index (κ3) is 5.43. The van der Waals surface area contributed by atoms with Gasteiger partial charge in [0.05, 0.1) is 18.7 Å². The van der Waals surface area contributed by atoms with E-state index in [9.17, 15) is 9.59 Å². The van der Waals surface area contributed by atoms with Crippen LogP contribution in [0.15, 0.2) is 24.3 Å². The van der Waals surface area contributed by atoms with Gasteiger partial charge >= 0.3 is 12.0 Å². The van der Waals surface area contributed by atoms with Crippen molar-refractivity contribution in [1.82, 2.24) is 5.32 Å². The van der Waals surface area contributed by atoms with Crippen LogP contribution in [-0.2, 0) is 0 Å². The highest BCUT2D eigenvalue weighted by atomic mass is 16.4. The fourth-order valence-corrected chi connectivity index (χ4v) is 1.67. The second-order valence-electron chi connectivity index (χ2n) is 5.95. The summed E-state index contributed by atoms with van der Waals surface area (Å²) in [6.07, 6.45) is 0. The van der Waals surface area contributed by atoms with Crippen LogP contribution in [-0.4, -0.2) is 41.9 Å². The largest absolute Gasteiger partial charge is 0.478 e. The molecule has 0 fully saturated rings. The van der Waals surface area contributed by atoms with Crippen molar-refractivity contribution in [2.24, 2.45) is 5.41 Å². The first-order valence-corrected chi connectivity index (χ1v) is 6.74. The maximum Gasteiger partial charge on any atom is 0.335 e. The van der Waals surface area contributed by atoms with E-state index in [1.165, 1.54) is 17.0 Å². The molecule has 1 aromatic rings. The Morgan fingerprint density at radius 2 is 1.76 bits per heavy atom. The zero-order valence-corrected chi connectivity index (χ0v) is 12.6. The van der Waals surface area contributed by atoms with Crippen LogP contribution in [0.3, 0.4) is 0 Å². The molecule has 6 heteroatoms. The fourth-order valence-electron chi connectivity index (χ4n) is 1.67. The Morgan fingerprint density at radius 3 is 2.19 bits per heavy atom. The Kier molecular flexibility index (Phi) is 5.72. The Bertz CT molecular complexity index is 491. The molecule has 0 aliphatic carbocycles. The molecule has 0 spiro atoms. The van der Waals surface area contributed by atoms with Gasteiger partial charge in [0.2, 0.25) is 0 Å². The van der Waals surface area contributed by atoms with Crippen LogP contribution in [0.5, 0.6) is 0 Å². The minimum atomic E-state index is -1.02. The third-order valence-electron chi connectivity index (χ3n) is 2.76. The van der Waals surface area contributed by atoms with Gasteiger partial charge in [0.1, 0.15) is 0 Å². The van der Waals surface area contributed by atoms with Gasteiger partial charge in [-0.3, -0.25) is 4.90 Å². The third-order valence-corrected chi connectivity index (χ3v) is 2.76. The van der Waals surface area contributed by atoms with Crippen LogP contribution in [0, 0.1) is 5.41 Å². The van der Waals surface area contributed by atoms with Crippen molar-refractivity contribution >= 4 is 17.7 Å². The van der Waals surface area contributed by atoms with Gasteiger partial charge in [0.15, 0.2) is 0 Å². The Labute approximate surface area is 124 Å². The molecule has 0 radical (unpaired) electrons. The number of rotatable bonds is 5. The summed E-state index contributed by atoms with van der Waals surface area (Å²) < 4.78 is 0. The summed E-state index contributed by atoms with van der Waals surface area (Å²) in [5.41, 5.74) is 0.645. The number of carboxylic acids is 1. The maximum absolute atomic E-state index is 12.2. The lowest BCUT2D eigenvalue weighted by molar-refractivity contribution is 0.0697. The van der Waals surface area contributed by atoms with Gasteiger partial charge in [-0.05, 0) is 29.7 Å². The standard InChI is InChI=1S/C15H22N2O4/c1-15(2,3)10-16-14(21)17(8-9-18)12-6-4-11(5-7-12)13(19)20/h4-7,18H,8-10H2,1-3H3,(H,16,21)(H,19,20). The zero-order valence-electron chi connectivity index (χ0n) is 12.6. The number of carbonyl (C=O) groups is 2. The topological polar surface area (TPSA) is 89.9 Å². The highest BCUT2D eigenvalue weighted by molar-refractivity contribution is 5.93. The van der Waals surface area contributed by atoms with Crippen molar-refractivity contribution in [3.8, 4) is 0 Å². The Balaban J connectivity index is 2.85. The number of benzene rings is 1. The quantitative estimate of drug-likeness (QED) is 0.774. The second-order valence-corrected chi connectivity index (χ2v) is 5.95. The summed E-state index contributed by atoms with van der Waals surface area (Å²) in [5, 5.41) is 20.8. The lowest BCUT2D eigenvalue weighted by Crippen LogP contribution is -2.44. The molecule has 1 rings (SSSR count). The SMILES string of the molecule is CC(C)(C)CNC(=O)N(CCO)c1ccc(C(=O)O)cc1. The van der Waals surface area contributed by atoms with Crippen molar-refractivity contribution in [2.75, 3.05) is 24.6 Å².